The van der Waals surface area contributed by atoms with Crippen LogP contribution >= 0.6 is 0 Å². The number of rotatable bonds is 6. The fourth-order valence-electron chi connectivity index (χ4n) is 0.509. The van der Waals surface area contributed by atoms with Crippen LogP contribution in [0.1, 0.15) is 20.3 Å². The van der Waals surface area contributed by atoms with Crippen LogP contribution < -0.4 is 0 Å². The van der Waals surface area contributed by atoms with Crippen molar-refractivity contribution in [1.29, 1.82) is 0 Å². The minimum absolute atomic E-state index is 0.733. The zero-order chi connectivity index (χ0) is 6.95. The summed E-state index contributed by atoms with van der Waals surface area (Å²) in [6.07, 6.45) is 1.09. The molecule has 0 aromatic heterocycles. The summed E-state index contributed by atoms with van der Waals surface area (Å²) in [5, 5.41) is 0. The maximum absolute atomic E-state index is 5.16. The molecule has 56 valence electrons. The Kier molecular flexibility index (Phi) is 7.85. The first-order valence-corrected chi connectivity index (χ1v) is 3.57. The number of ether oxygens (including phenoxy) is 2. The largest absolute Gasteiger partial charge is 0.379 e. The third-order valence-corrected chi connectivity index (χ3v) is 0.925. The quantitative estimate of drug-likeness (QED) is 0.509. The zero-order valence-corrected chi connectivity index (χ0v) is 6.35. The summed E-state index contributed by atoms with van der Waals surface area (Å²) in [6.45, 7) is 7.20. The molecule has 0 saturated carbocycles. The second-order valence-corrected chi connectivity index (χ2v) is 1.81. The predicted octanol–water partition coefficient (Wildman–Crippen LogP) is 1.45. The maximum Gasteiger partial charge on any atom is 0.0700 e. The molecule has 0 aliphatic rings. The van der Waals surface area contributed by atoms with Crippen LogP contribution in [-0.4, -0.2) is 26.4 Å². The van der Waals surface area contributed by atoms with E-state index in [2.05, 4.69) is 6.92 Å². The molecule has 9 heavy (non-hydrogen) atoms. The topological polar surface area (TPSA) is 18.5 Å². The molecule has 0 bridgehead atoms. The first-order chi connectivity index (χ1) is 4.41. The summed E-state index contributed by atoms with van der Waals surface area (Å²) in [5.41, 5.74) is 0. The Labute approximate surface area is 57.2 Å². The summed E-state index contributed by atoms with van der Waals surface area (Å²) in [4.78, 5) is 0. The monoisotopic (exact) mass is 132 g/mol. The van der Waals surface area contributed by atoms with E-state index in [1.165, 1.54) is 0 Å². The fourth-order valence-corrected chi connectivity index (χ4v) is 0.509. The molecule has 0 aliphatic carbocycles. The van der Waals surface area contributed by atoms with Crippen molar-refractivity contribution in [1.82, 2.24) is 0 Å². The van der Waals surface area contributed by atoms with Crippen molar-refractivity contribution in [3.8, 4) is 0 Å². The van der Waals surface area contributed by atoms with E-state index >= 15 is 0 Å². The lowest BCUT2D eigenvalue weighted by atomic mass is 10.5. The van der Waals surface area contributed by atoms with Crippen molar-refractivity contribution in [2.45, 2.75) is 20.3 Å². The molecule has 0 aliphatic heterocycles. The summed E-state index contributed by atoms with van der Waals surface area (Å²) in [7, 11) is 0. The van der Waals surface area contributed by atoms with Crippen LogP contribution in [0.2, 0.25) is 0 Å². The van der Waals surface area contributed by atoms with Crippen molar-refractivity contribution in [3.63, 3.8) is 0 Å². The average Bonchev–Trinajstić information content (AvgIpc) is 1.89. The molecule has 0 amide bonds. The van der Waals surface area contributed by atoms with Gasteiger partial charge in [-0.25, -0.2) is 0 Å². The van der Waals surface area contributed by atoms with Crippen molar-refractivity contribution in [3.05, 3.63) is 0 Å². The minimum atomic E-state index is 0.733. The molecule has 0 unspecified atom stereocenters. The van der Waals surface area contributed by atoms with Gasteiger partial charge in [-0.3, -0.25) is 0 Å². The van der Waals surface area contributed by atoms with Gasteiger partial charge in [0, 0.05) is 13.2 Å². The Morgan fingerprint density at radius 1 is 0.889 bits per heavy atom. The second-order valence-electron chi connectivity index (χ2n) is 1.81. The molecule has 0 heterocycles. The van der Waals surface area contributed by atoms with Gasteiger partial charge in [0.25, 0.3) is 0 Å². The third-order valence-electron chi connectivity index (χ3n) is 0.925. The number of hydrogen-bond acceptors (Lipinski definition) is 2. The number of hydrogen-bond donors (Lipinski definition) is 0. The van der Waals surface area contributed by atoms with Gasteiger partial charge in [0.1, 0.15) is 0 Å². The second kappa shape index (κ2) is 7.92. The van der Waals surface area contributed by atoms with Crippen molar-refractivity contribution < 1.29 is 9.47 Å². The van der Waals surface area contributed by atoms with Gasteiger partial charge >= 0.3 is 0 Å². The van der Waals surface area contributed by atoms with E-state index in [0.717, 1.165) is 32.8 Å². The molecular formula is C7H16O2. The summed E-state index contributed by atoms with van der Waals surface area (Å²) in [5.74, 6) is 0. The van der Waals surface area contributed by atoms with E-state index in [4.69, 9.17) is 9.47 Å². The molecule has 0 aromatic rings. The Bertz CT molecular complexity index is 40.2. The fraction of sp³-hybridized carbons (Fsp3) is 1.00. The average molecular weight is 132 g/mol. The van der Waals surface area contributed by atoms with E-state index < -0.39 is 0 Å². The van der Waals surface area contributed by atoms with E-state index in [9.17, 15) is 0 Å². The summed E-state index contributed by atoms with van der Waals surface area (Å²) < 4.78 is 10.2. The van der Waals surface area contributed by atoms with E-state index in [-0.39, 0.29) is 0 Å². The van der Waals surface area contributed by atoms with Crippen LogP contribution in [0.4, 0.5) is 0 Å². The Morgan fingerprint density at radius 3 is 2.11 bits per heavy atom. The lowest BCUT2D eigenvalue weighted by Crippen LogP contribution is -2.03. The van der Waals surface area contributed by atoms with E-state index in [1.807, 2.05) is 6.92 Å². The molecule has 0 rings (SSSR count). The maximum atomic E-state index is 5.16. The van der Waals surface area contributed by atoms with Crippen LogP contribution in [0.5, 0.6) is 0 Å². The van der Waals surface area contributed by atoms with Crippen LogP contribution in [0.15, 0.2) is 0 Å². The normalized spacial score (nSPS) is 10.0. The van der Waals surface area contributed by atoms with Crippen LogP contribution in [-0.2, 0) is 9.47 Å². The highest BCUT2D eigenvalue weighted by atomic mass is 16.5. The highest BCUT2D eigenvalue weighted by Gasteiger charge is 1.83. The molecule has 0 aromatic carbocycles. The van der Waals surface area contributed by atoms with Crippen molar-refractivity contribution >= 4 is 0 Å². The lowest BCUT2D eigenvalue weighted by molar-refractivity contribution is 0.0531. The van der Waals surface area contributed by atoms with Crippen LogP contribution in [0, 0.1) is 0 Å². The van der Waals surface area contributed by atoms with Crippen molar-refractivity contribution in [2.75, 3.05) is 26.4 Å². The SMILES string of the molecule is CCCOCCOCC. The Balaban J connectivity index is 2.60. The summed E-state index contributed by atoms with van der Waals surface area (Å²) >= 11 is 0. The zero-order valence-electron chi connectivity index (χ0n) is 6.35. The van der Waals surface area contributed by atoms with Gasteiger partial charge in [-0.2, -0.15) is 0 Å². The Morgan fingerprint density at radius 2 is 1.56 bits per heavy atom. The van der Waals surface area contributed by atoms with Gasteiger partial charge in [-0.15, -0.1) is 0 Å². The molecule has 0 N–H and O–H groups in total. The molecule has 2 nitrogen and oxygen atoms in total. The molecule has 0 radical (unpaired) electrons. The molecule has 0 spiro atoms. The smallest absolute Gasteiger partial charge is 0.0700 e. The van der Waals surface area contributed by atoms with Crippen LogP contribution in [0.3, 0.4) is 0 Å². The Hall–Kier alpha value is -0.0800. The molecule has 0 atom stereocenters. The molecule has 0 saturated heterocycles. The molecule has 2 heteroatoms. The first-order valence-electron chi connectivity index (χ1n) is 3.57. The van der Waals surface area contributed by atoms with Gasteiger partial charge in [-0.05, 0) is 13.3 Å². The molecular weight excluding hydrogens is 116 g/mol. The van der Waals surface area contributed by atoms with Gasteiger partial charge in [0.15, 0.2) is 0 Å². The lowest BCUT2D eigenvalue weighted by Gasteiger charge is -2.00. The summed E-state index contributed by atoms with van der Waals surface area (Å²) in [6, 6.07) is 0. The first kappa shape index (κ1) is 8.92. The highest BCUT2D eigenvalue weighted by molar-refractivity contribution is 4.28. The minimum Gasteiger partial charge on any atom is -0.379 e. The van der Waals surface area contributed by atoms with Gasteiger partial charge in [0.2, 0.25) is 0 Å². The third kappa shape index (κ3) is 7.92. The highest BCUT2D eigenvalue weighted by Crippen LogP contribution is 1.80. The van der Waals surface area contributed by atoms with E-state index in [0.29, 0.717) is 0 Å². The standard InChI is InChI=1S/C7H16O2/c1-3-5-9-7-6-8-4-2/h3-7H2,1-2H3. The van der Waals surface area contributed by atoms with Crippen LogP contribution in [0.25, 0.3) is 0 Å². The van der Waals surface area contributed by atoms with Gasteiger partial charge in [-0.1, -0.05) is 6.92 Å². The van der Waals surface area contributed by atoms with Gasteiger partial charge < -0.3 is 9.47 Å². The van der Waals surface area contributed by atoms with Crippen molar-refractivity contribution in [2.24, 2.45) is 0 Å². The van der Waals surface area contributed by atoms with Gasteiger partial charge in [0.05, 0.1) is 13.2 Å². The molecule has 0 fully saturated rings. The van der Waals surface area contributed by atoms with E-state index in [1.54, 1.807) is 0 Å². The predicted molar refractivity (Wildman–Crippen MR) is 37.6 cm³/mol.